The maximum Gasteiger partial charge on any atom is 0.228 e. The highest BCUT2D eigenvalue weighted by Gasteiger charge is 2.21. The average Bonchev–Trinajstić information content (AvgIpc) is 2.82. The minimum atomic E-state index is 0.192. The van der Waals surface area contributed by atoms with Crippen molar-refractivity contribution in [1.82, 2.24) is 4.98 Å². The number of carbonyl (C=O) groups is 1. The van der Waals surface area contributed by atoms with Gasteiger partial charge in [-0.25, -0.2) is 0 Å². The van der Waals surface area contributed by atoms with Crippen LogP contribution in [0.15, 0.2) is 12.1 Å². The van der Waals surface area contributed by atoms with Crippen molar-refractivity contribution in [3.05, 3.63) is 23.4 Å². The Bertz CT molecular complexity index is 467. The van der Waals surface area contributed by atoms with E-state index >= 15 is 0 Å². The second-order valence-corrected chi connectivity index (χ2v) is 5.38. The number of fused-ring (bicyclic) bond motifs is 1. The molecule has 0 atom stereocenters. The molecule has 0 radical (unpaired) electrons. The highest BCUT2D eigenvalue weighted by Crippen LogP contribution is 2.26. The number of hydrogen-bond acceptors (Lipinski definition) is 1. The van der Waals surface area contributed by atoms with Crippen molar-refractivity contribution in [3.8, 4) is 0 Å². The van der Waals surface area contributed by atoms with Crippen LogP contribution in [0.5, 0.6) is 0 Å². The van der Waals surface area contributed by atoms with Crippen LogP contribution in [0.3, 0.4) is 0 Å². The zero-order chi connectivity index (χ0) is 12.4. The van der Waals surface area contributed by atoms with E-state index in [0.717, 1.165) is 31.5 Å². The first-order valence-corrected chi connectivity index (χ1v) is 7.02. The van der Waals surface area contributed by atoms with E-state index in [2.05, 4.69) is 22.5 Å². The third-order valence-electron chi connectivity index (χ3n) is 4.03. The Morgan fingerprint density at radius 3 is 2.89 bits per heavy atom. The number of carbonyl (C=O) groups excluding carboxylic acids is 1. The summed E-state index contributed by atoms with van der Waals surface area (Å²) in [7, 11) is 0. The Kier molecular flexibility index (Phi) is 3.22. The molecule has 3 heteroatoms. The number of aryl methyl sites for hydroxylation is 1. The van der Waals surface area contributed by atoms with Gasteiger partial charge in [-0.3, -0.25) is 4.79 Å². The summed E-state index contributed by atoms with van der Waals surface area (Å²) >= 11 is 0. The number of hydrogen-bond donors (Lipinski definition) is 2. The molecule has 3 nitrogen and oxygen atoms in total. The maximum absolute atomic E-state index is 12.1. The van der Waals surface area contributed by atoms with Crippen molar-refractivity contribution in [2.45, 2.75) is 44.9 Å². The summed E-state index contributed by atoms with van der Waals surface area (Å²) in [5.74, 6) is 1.27. The zero-order valence-corrected chi connectivity index (χ0v) is 10.7. The van der Waals surface area contributed by atoms with Gasteiger partial charge in [0.1, 0.15) is 5.82 Å². The smallest absolute Gasteiger partial charge is 0.228 e. The summed E-state index contributed by atoms with van der Waals surface area (Å²) in [5.41, 5.74) is 2.47. The maximum atomic E-state index is 12.1. The van der Waals surface area contributed by atoms with Gasteiger partial charge in [0.2, 0.25) is 5.91 Å². The minimum Gasteiger partial charge on any atom is -0.345 e. The number of aromatic nitrogens is 1. The molecule has 0 unspecified atom stereocenters. The van der Waals surface area contributed by atoms with Crippen LogP contribution >= 0.6 is 0 Å². The lowest BCUT2D eigenvalue weighted by atomic mass is 9.89. The molecule has 2 N–H and O–H groups in total. The summed E-state index contributed by atoms with van der Waals surface area (Å²) in [6.07, 6.45) is 12.2. The summed E-state index contributed by atoms with van der Waals surface area (Å²) in [6, 6.07) is 2.05. The summed E-state index contributed by atoms with van der Waals surface area (Å²) in [4.78, 5) is 15.5. The van der Waals surface area contributed by atoms with Crippen LogP contribution in [0, 0.1) is 5.92 Å². The molecule has 1 amide bonds. The van der Waals surface area contributed by atoms with Crippen LogP contribution in [-0.4, -0.2) is 10.9 Å². The molecule has 96 valence electrons. The van der Waals surface area contributed by atoms with Crippen LogP contribution in [0.4, 0.5) is 5.82 Å². The summed E-state index contributed by atoms with van der Waals surface area (Å²) < 4.78 is 0. The van der Waals surface area contributed by atoms with Crippen molar-refractivity contribution in [2.24, 2.45) is 5.92 Å². The monoisotopic (exact) mass is 244 g/mol. The van der Waals surface area contributed by atoms with Crippen molar-refractivity contribution in [1.29, 1.82) is 0 Å². The molecule has 1 aromatic heterocycles. The van der Waals surface area contributed by atoms with E-state index in [1.807, 2.05) is 6.07 Å². The highest BCUT2D eigenvalue weighted by molar-refractivity contribution is 5.92. The van der Waals surface area contributed by atoms with Gasteiger partial charge in [0.05, 0.1) is 0 Å². The first kappa shape index (κ1) is 11.6. The zero-order valence-electron chi connectivity index (χ0n) is 10.7. The van der Waals surface area contributed by atoms with Gasteiger partial charge >= 0.3 is 0 Å². The Labute approximate surface area is 108 Å². The fraction of sp³-hybridized carbons (Fsp3) is 0.533. The number of nitrogens with one attached hydrogen (secondary N) is 2. The van der Waals surface area contributed by atoms with E-state index in [9.17, 15) is 4.79 Å². The van der Waals surface area contributed by atoms with Crippen molar-refractivity contribution >= 4 is 17.8 Å². The predicted molar refractivity (Wildman–Crippen MR) is 73.4 cm³/mol. The largest absolute Gasteiger partial charge is 0.345 e. The van der Waals surface area contributed by atoms with Crippen LogP contribution < -0.4 is 5.32 Å². The normalized spacial score (nSPS) is 19.6. The van der Waals surface area contributed by atoms with Gasteiger partial charge in [-0.15, -0.1) is 0 Å². The van der Waals surface area contributed by atoms with Gasteiger partial charge in [-0.05, 0) is 37.3 Å². The van der Waals surface area contributed by atoms with E-state index in [0.29, 0.717) is 0 Å². The molecule has 1 fully saturated rings. The Morgan fingerprint density at radius 2 is 2.11 bits per heavy atom. The number of aromatic amines is 1. The Hall–Kier alpha value is -1.51. The molecular weight excluding hydrogens is 224 g/mol. The second-order valence-electron chi connectivity index (χ2n) is 5.38. The number of allylic oxidation sites excluding steroid dienone is 1. The molecule has 2 aliphatic carbocycles. The van der Waals surface area contributed by atoms with E-state index in [4.69, 9.17) is 0 Å². The third kappa shape index (κ3) is 2.35. The van der Waals surface area contributed by atoms with Gasteiger partial charge in [0.25, 0.3) is 0 Å². The van der Waals surface area contributed by atoms with Crippen molar-refractivity contribution in [3.63, 3.8) is 0 Å². The highest BCUT2D eigenvalue weighted by atomic mass is 16.1. The lowest BCUT2D eigenvalue weighted by Gasteiger charge is -2.20. The van der Waals surface area contributed by atoms with Gasteiger partial charge in [-0.1, -0.05) is 31.4 Å². The van der Waals surface area contributed by atoms with Crippen LogP contribution in [-0.2, 0) is 11.2 Å². The first-order valence-electron chi connectivity index (χ1n) is 7.02. The molecule has 0 saturated heterocycles. The fourth-order valence-corrected chi connectivity index (χ4v) is 2.97. The van der Waals surface area contributed by atoms with Crippen LogP contribution in [0.1, 0.15) is 49.8 Å². The Morgan fingerprint density at radius 1 is 1.28 bits per heavy atom. The van der Waals surface area contributed by atoms with Gasteiger partial charge in [-0.2, -0.15) is 0 Å². The number of rotatable bonds is 2. The number of H-pyrrole nitrogens is 1. The molecule has 18 heavy (non-hydrogen) atoms. The summed E-state index contributed by atoms with van der Waals surface area (Å²) in [5, 5.41) is 3.04. The van der Waals surface area contributed by atoms with E-state index in [1.54, 1.807) is 0 Å². The second kappa shape index (κ2) is 5.01. The lowest BCUT2D eigenvalue weighted by molar-refractivity contribution is -0.120. The first-order chi connectivity index (χ1) is 8.83. The summed E-state index contributed by atoms with van der Waals surface area (Å²) in [6.45, 7) is 0. The minimum absolute atomic E-state index is 0.192. The SMILES string of the molecule is O=C(Nc1cc2c([nH]1)CCC=C2)C1CCCCC1. The van der Waals surface area contributed by atoms with E-state index in [-0.39, 0.29) is 11.8 Å². The molecule has 0 bridgehead atoms. The van der Waals surface area contributed by atoms with Crippen LogP contribution in [0.2, 0.25) is 0 Å². The topological polar surface area (TPSA) is 44.9 Å². The number of amides is 1. The molecule has 2 aliphatic rings. The molecule has 1 saturated carbocycles. The molecule has 0 spiro atoms. The lowest BCUT2D eigenvalue weighted by Crippen LogP contribution is -2.24. The van der Waals surface area contributed by atoms with Gasteiger partial charge < -0.3 is 10.3 Å². The molecule has 0 aromatic carbocycles. The van der Waals surface area contributed by atoms with Crippen molar-refractivity contribution in [2.75, 3.05) is 5.32 Å². The van der Waals surface area contributed by atoms with Gasteiger partial charge in [0, 0.05) is 11.6 Å². The molecular formula is C15H20N2O. The quantitative estimate of drug-likeness (QED) is 0.821. The fourth-order valence-electron chi connectivity index (χ4n) is 2.97. The van der Waals surface area contributed by atoms with Crippen LogP contribution in [0.25, 0.3) is 6.08 Å². The predicted octanol–water partition coefficient (Wildman–Crippen LogP) is 3.49. The standard InChI is InChI=1S/C15H20N2O/c18-15(11-6-2-1-3-7-11)17-14-10-12-8-4-5-9-13(12)16-14/h4,8,10-11,16H,1-3,5-7,9H2,(H,17,18). The third-order valence-corrected chi connectivity index (χ3v) is 4.03. The van der Waals surface area contributed by atoms with E-state index < -0.39 is 0 Å². The van der Waals surface area contributed by atoms with E-state index in [1.165, 1.54) is 30.5 Å². The molecule has 1 aromatic rings. The number of anilines is 1. The van der Waals surface area contributed by atoms with Crippen molar-refractivity contribution < 1.29 is 4.79 Å². The average molecular weight is 244 g/mol. The Balaban J connectivity index is 1.66. The molecule has 1 heterocycles. The molecule has 3 rings (SSSR count). The molecule has 0 aliphatic heterocycles. The van der Waals surface area contributed by atoms with Gasteiger partial charge in [0.15, 0.2) is 0 Å².